The molecule has 0 aromatic heterocycles. The molecule has 0 unspecified atom stereocenters. The first kappa shape index (κ1) is 17.8. The van der Waals surface area contributed by atoms with E-state index in [-0.39, 0.29) is 23.7 Å². The molecule has 22 heavy (non-hydrogen) atoms. The molecular weight excluding hydrogens is 284 g/mol. The Balaban J connectivity index is 0.000000220. The van der Waals surface area contributed by atoms with E-state index in [1.807, 2.05) is 13.8 Å². The predicted molar refractivity (Wildman–Crippen MR) is 82.3 cm³/mol. The summed E-state index contributed by atoms with van der Waals surface area (Å²) in [5.41, 5.74) is 5.80. The van der Waals surface area contributed by atoms with Gasteiger partial charge in [0.25, 0.3) is 11.8 Å². The zero-order chi connectivity index (χ0) is 16.9. The predicted octanol–water partition coefficient (Wildman–Crippen LogP) is 1.49. The van der Waals surface area contributed by atoms with Crippen LogP contribution in [0.1, 0.15) is 48.4 Å². The summed E-state index contributed by atoms with van der Waals surface area (Å²) < 4.78 is 4.80. The monoisotopic (exact) mass is 306 g/mol. The molecule has 0 bridgehead atoms. The maximum absolute atomic E-state index is 11.2. The molecule has 0 spiro atoms. The fourth-order valence-electron chi connectivity index (χ4n) is 1.64. The third-order valence-corrected chi connectivity index (χ3v) is 3.56. The lowest BCUT2D eigenvalue weighted by atomic mass is 9.90. The summed E-state index contributed by atoms with van der Waals surface area (Å²) in [5, 5.41) is 2.20. The second kappa shape index (κ2) is 7.17. The van der Waals surface area contributed by atoms with Crippen LogP contribution in [0, 0.1) is 5.92 Å². The van der Waals surface area contributed by atoms with E-state index in [1.54, 1.807) is 38.1 Å². The van der Waals surface area contributed by atoms with Crippen LogP contribution in [0.4, 0.5) is 0 Å². The summed E-state index contributed by atoms with van der Waals surface area (Å²) in [6.45, 7) is 7.65. The minimum atomic E-state index is -0.851. The number of fused-ring (bicyclic) bond motifs is 1. The van der Waals surface area contributed by atoms with Gasteiger partial charge in [-0.1, -0.05) is 26.0 Å². The average Bonchev–Trinajstić information content (AvgIpc) is 2.75. The number of carbonyl (C=O) groups excluding carboxylic acids is 3. The second-order valence-corrected chi connectivity index (χ2v) is 5.49. The first-order chi connectivity index (χ1) is 10.2. The lowest BCUT2D eigenvalue weighted by Crippen LogP contribution is -2.50. The van der Waals surface area contributed by atoms with Crippen LogP contribution in [0.15, 0.2) is 24.3 Å². The Labute approximate surface area is 130 Å². The molecule has 6 heteroatoms. The Hall–Kier alpha value is -2.21. The molecular formula is C16H22N2O4. The maximum Gasteiger partial charge on any atom is 0.326 e. The molecule has 1 aromatic rings. The molecule has 120 valence electrons. The summed E-state index contributed by atoms with van der Waals surface area (Å²) >= 11 is 0. The zero-order valence-electron chi connectivity index (χ0n) is 13.3. The van der Waals surface area contributed by atoms with E-state index in [9.17, 15) is 14.4 Å². The summed E-state index contributed by atoms with van der Waals surface area (Å²) in [4.78, 5) is 33.0. The van der Waals surface area contributed by atoms with Crippen molar-refractivity contribution in [3.8, 4) is 0 Å². The minimum absolute atomic E-state index is 0.0987. The lowest BCUT2D eigenvalue weighted by molar-refractivity contribution is -0.150. The van der Waals surface area contributed by atoms with Crippen molar-refractivity contribution in [3.63, 3.8) is 0 Å². The molecule has 3 N–H and O–H groups in total. The number of carbonyl (C=O) groups is 3. The third kappa shape index (κ3) is 3.92. The van der Waals surface area contributed by atoms with Crippen LogP contribution >= 0.6 is 0 Å². The number of benzene rings is 1. The Morgan fingerprint density at radius 2 is 1.68 bits per heavy atom. The molecule has 0 aliphatic carbocycles. The van der Waals surface area contributed by atoms with Gasteiger partial charge in [0.2, 0.25) is 0 Å². The molecule has 2 amide bonds. The van der Waals surface area contributed by atoms with Gasteiger partial charge < -0.3 is 10.5 Å². The van der Waals surface area contributed by atoms with Crippen LogP contribution in [-0.4, -0.2) is 29.9 Å². The number of amides is 2. The third-order valence-electron chi connectivity index (χ3n) is 3.56. The largest absolute Gasteiger partial charge is 0.465 e. The van der Waals surface area contributed by atoms with E-state index in [2.05, 4.69) is 5.32 Å². The smallest absolute Gasteiger partial charge is 0.326 e. The van der Waals surface area contributed by atoms with Gasteiger partial charge in [-0.05, 0) is 31.9 Å². The summed E-state index contributed by atoms with van der Waals surface area (Å²) in [6.07, 6.45) is 0. The fourth-order valence-corrected chi connectivity index (χ4v) is 1.64. The minimum Gasteiger partial charge on any atom is -0.465 e. The van der Waals surface area contributed by atoms with Crippen LogP contribution in [0.2, 0.25) is 0 Å². The number of nitrogens with two attached hydrogens (primary N) is 1. The number of imide groups is 1. The number of hydrogen-bond donors (Lipinski definition) is 2. The lowest BCUT2D eigenvalue weighted by Gasteiger charge is -2.25. The summed E-state index contributed by atoms with van der Waals surface area (Å²) in [5.74, 6) is -0.826. The van der Waals surface area contributed by atoms with Crippen molar-refractivity contribution >= 4 is 17.8 Å². The highest BCUT2D eigenvalue weighted by atomic mass is 16.5. The Kier molecular flexibility index (Phi) is 5.82. The van der Waals surface area contributed by atoms with Crippen molar-refractivity contribution < 1.29 is 19.1 Å². The van der Waals surface area contributed by atoms with Crippen molar-refractivity contribution in [1.29, 1.82) is 0 Å². The maximum atomic E-state index is 11.2. The van der Waals surface area contributed by atoms with Crippen LogP contribution in [0.5, 0.6) is 0 Å². The fraction of sp³-hybridized carbons (Fsp3) is 0.438. The average molecular weight is 306 g/mol. The van der Waals surface area contributed by atoms with Crippen molar-refractivity contribution in [2.75, 3.05) is 6.61 Å². The molecule has 1 aliphatic heterocycles. The SMILES string of the molecule is CCOC(=O)[C@@](C)(N)C(C)C.O=C1NC(=O)c2ccccc21. The van der Waals surface area contributed by atoms with Crippen molar-refractivity contribution in [2.45, 2.75) is 33.2 Å². The Morgan fingerprint density at radius 3 is 2.05 bits per heavy atom. The number of ether oxygens (including phenoxy) is 1. The highest BCUT2D eigenvalue weighted by Crippen LogP contribution is 2.14. The van der Waals surface area contributed by atoms with Gasteiger partial charge in [-0.15, -0.1) is 0 Å². The van der Waals surface area contributed by atoms with E-state index in [0.29, 0.717) is 17.7 Å². The highest BCUT2D eigenvalue weighted by molar-refractivity contribution is 6.21. The summed E-state index contributed by atoms with van der Waals surface area (Å²) in [7, 11) is 0. The molecule has 2 rings (SSSR count). The number of nitrogens with one attached hydrogen (secondary N) is 1. The molecule has 0 radical (unpaired) electrons. The van der Waals surface area contributed by atoms with Gasteiger partial charge >= 0.3 is 5.97 Å². The number of hydrogen-bond acceptors (Lipinski definition) is 5. The molecule has 1 aliphatic rings. The number of rotatable bonds is 3. The van der Waals surface area contributed by atoms with Crippen molar-refractivity contribution in [3.05, 3.63) is 35.4 Å². The van der Waals surface area contributed by atoms with E-state index in [4.69, 9.17) is 10.5 Å². The van der Waals surface area contributed by atoms with Crippen molar-refractivity contribution in [1.82, 2.24) is 5.32 Å². The van der Waals surface area contributed by atoms with Gasteiger partial charge in [-0.2, -0.15) is 0 Å². The molecule has 1 heterocycles. The van der Waals surface area contributed by atoms with Gasteiger partial charge in [-0.3, -0.25) is 19.7 Å². The molecule has 0 fully saturated rings. The van der Waals surface area contributed by atoms with Gasteiger partial charge in [0.1, 0.15) is 5.54 Å². The number of esters is 1. The molecule has 0 saturated heterocycles. The summed E-state index contributed by atoms with van der Waals surface area (Å²) in [6, 6.07) is 6.74. The molecule has 6 nitrogen and oxygen atoms in total. The quantitative estimate of drug-likeness (QED) is 0.651. The second-order valence-electron chi connectivity index (χ2n) is 5.49. The molecule has 0 saturated carbocycles. The van der Waals surface area contributed by atoms with E-state index in [1.165, 1.54) is 0 Å². The standard InChI is InChI=1S/C8H5NO2.C8H17NO2/c10-7-5-3-1-2-4-6(5)8(11)9-7;1-5-11-7(10)8(4,9)6(2)3/h1-4H,(H,9,10,11);6H,5,9H2,1-4H3/t;8-/m.0/s1. The Bertz CT molecular complexity index is 546. The van der Waals surface area contributed by atoms with E-state index >= 15 is 0 Å². The molecule has 1 aromatic carbocycles. The van der Waals surface area contributed by atoms with Crippen LogP contribution in [0.25, 0.3) is 0 Å². The highest BCUT2D eigenvalue weighted by Gasteiger charge is 2.33. The van der Waals surface area contributed by atoms with Gasteiger partial charge in [0.05, 0.1) is 17.7 Å². The first-order valence-corrected chi connectivity index (χ1v) is 7.12. The van der Waals surface area contributed by atoms with Crippen molar-refractivity contribution in [2.24, 2.45) is 11.7 Å². The normalized spacial score (nSPS) is 15.4. The topological polar surface area (TPSA) is 98.5 Å². The van der Waals surface area contributed by atoms with Gasteiger partial charge in [0, 0.05) is 0 Å². The zero-order valence-corrected chi connectivity index (χ0v) is 13.3. The molecule has 1 atom stereocenters. The van der Waals surface area contributed by atoms with E-state index in [0.717, 1.165) is 0 Å². The Morgan fingerprint density at radius 1 is 1.23 bits per heavy atom. The van der Waals surface area contributed by atoms with Crippen LogP contribution < -0.4 is 11.1 Å². The van der Waals surface area contributed by atoms with E-state index < -0.39 is 5.54 Å². The van der Waals surface area contributed by atoms with Crippen LogP contribution in [-0.2, 0) is 9.53 Å². The van der Waals surface area contributed by atoms with Gasteiger partial charge in [-0.25, -0.2) is 0 Å². The first-order valence-electron chi connectivity index (χ1n) is 7.12. The van der Waals surface area contributed by atoms with Gasteiger partial charge in [0.15, 0.2) is 0 Å². The van der Waals surface area contributed by atoms with Crippen LogP contribution in [0.3, 0.4) is 0 Å².